The minimum absolute atomic E-state index is 0. The van der Waals surface area contributed by atoms with Gasteiger partial charge < -0.3 is 15.4 Å². The second kappa shape index (κ2) is 11.3. The summed E-state index contributed by atoms with van der Waals surface area (Å²) in [6, 6.07) is 2.00. The summed E-state index contributed by atoms with van der Waals surface area (Å²) in [7, 11) is 1.66. The molecule has 2 aromatic heterocycles. The fourth-order valence-electron chi connectivity index (χ4n) is 2.37. The molecule has 0 spiro atoms. The first kappa shape index (κ1) is 23.6. The summed E-state index contributed by atoms with van der Waals surface area (Å²) in [6.07, 6.45) is 1.72. The number of amides is 1. The molecule has 2 rings (SSSR count). The summed E-state index contributed by atoms with van der Waals surface area (Å²) in [5.74, 6) is -0.0997. The van der Waals surface area contributed by atoms with E-state index in [1.807, 2.05) is 31.5 Å². The number of hydrogen-bond acceptors (Lipinski definition) is 5. The summed E-state index contributed by atoms with van der Waals surface area (Å²) < 4.78 is 6.79. The summed E-state index contributed by atoms with van der Waals surface area (Å²) in [5.41, 5.74) is 2.18. The van der Waals surface area contributed by atoms with Gasteiger partial charge >= 0.3 is 0 Å². The molecular weight excluding hydrogens is 365 g/mol. The lowest BCUT2D eigenvalue weighted by atomic mass is 10.1. The Kier molecular flexibility index (Phi) is 10.6. The number of rotatable bonds is 8. The van der Waals surface area contributed by atoms with Crippen LogP contribution in [0.5, 0.6) is 0 Å². The molecule has 0 aliphatic heterocycles. The molecule has 0 radical (unpaired) electrons. The number of carbonyl (C=O) groups is 1. The highest BCUT2D eigenvalue weighted by molar-refractivity contribution is 6.05. The third kappa shape index (κ3) is 6.11. The molecule has 2 N–H and O–H groups in total. The zero-order chi connectivity index (χ0) is 16.8. The largest absolute Gasteiger partial charge is 0.383 e. The molecule has 142 valence electrons. The number of hydrogen-bond donors (Lipinski definition) is 2. The maximum Gasteiger partial charge on any atom is 0.252 e. The molecule has 0 fully saturated rings. The van der Waals surface area contributed by atoms with Crippen molar-refractivity contribution in [2.75, 3.05) is 33.4 Å². The lowest BCUT2D eigenvalue weighted by Crippen LogP contribution is -2.33. The highest BCUT2D eigenvalue weighted by Crippen LogP contribution is 2.20. The first-order valence-corrected chi connectivity index (χ1v) is 7.87. The second-order valence-corrected chi connectivity index (χ2v) is 5.73. The van der Waals surface area contributed by atoms with Crippen molar-refractivity contribution < 1.29 is 9.53 Å². The highest BCUT2D eigenvalue weighted by Gasteiger charge is 2.16. The molecule has 0 aliphatic rings. The minimum atomic E-state index is -0.0997. The van der Waals surface area contributed by atoms with Crippen LogP contribution in [0.3, 0.4) is 0 Å². The molecule has 0 aliphatic carbocycles. The van der Waals surface area contributed by atoms with Gasteiger partial charge in [0.25, 0.3) is 5.91 Å². The number of methoxy groups -OCH3 is 1. The predicted octanol–water partition coefficient (Wildman–Crippen LogP) is 2.13. The molecule has 1 amide bonds. The van der Waals surface area contributed by atoms with Gasteiger partial charge in [-0.25, -0.2) is 9.67 Å². The molecule has 0 unspecified atom stereocenters. The molecular formula is C16H27Cl2N5O2. The lowest BCUT2D eigenvalue weighted by Gasteiger charge is -2.10. The molecule has 0 atom stereocenters. The number of halogens is 2. The van der Waals surface area contributed by atoms with Crippen LogP contribution in [-0.2, 0) is 4.74 Å². The van der Waals surface area contributed by atoms with Crippen LogP contribution in [0.15, 0.2) is 12.3 Å². The Morgan fingerprint density at radius 2 is 2.00 bits per heavy atom. The van der Waals surface area contributed by atoms with Crippen LogP contribution in [-0.4, -0.2) is 54.0 Å². The quantitative estimate of drug-likeness (QED) is 0.673. The lowest BCUT2D eigenvalue weighted by molar-refractivity contribution is 0.0955. The van der Waals surface area contributed by atoms with E-state index in [0.29, 0.717) is 25.3 Å². The normalized spacial score (nSPS) is 10.4. The van der Waals surface area contributed by atoms with Crippen LogP contribution in [0.25, 0.3) is 11.0 Å². The van der Waals surface area contributed by atoms with Gasteiger partial charge in [0.05, 0.1) is 23.8 Å². The van der Waals surface area contributed by atoms with Gasteiger partial charge in [-0.3, -0.25) is 4.79 Å². The fraction of sp³-hybridized carbons (Fsp3) is 0.562. The van der Waals surface area contributed by atoms with Crippen molar-refractivity contribution in [3.63, 3.8) is 0 Å². The van der Waals surface area contributed by atoms with Crippen LogP contribution >= 0.6 is 24.8 Å². The Labute approximate surface area is 160 Å². The first-order chi connectivity index (χ1) is 11.0. The molecule has 9 heteroatoms. The maximum atomic E-state index is 12.5. The van der Waals surface area contributed by atoms with Gasteiger partial charge in [-0.15, -0.1) is 24.8 Å². The number of nitrogens with one attached hydrogen (secondary N) is 2. The van der Waals surface area contributed by atoms with Crippen molar-refractivity contribution in [3.8, 4) is 0 Å². The molecule has 7 nitrogen and oxygen atoms in total. The Morgan fingerprint density at radius 1 is 1.28 bits per heavy atom. The number of nitrogens with zero attached hydrogens (tertiary/aromatic N) is 3. The van der Waals surface area contributed by atoms with E-state index in [1.165, 1.54) is 0 Å². The van der Waals surface area contributed by atoms with Crippen LogP contribution in [0.1, 0.15) is 35.9 Å². The van der Waals surface area contributed by atoms with Gasteiger partial charge in [-0.2, -0.15) is 5.10 Å². The Hall–Kier alpha value is -1.41. The Balaban J connectivity index is 0.00000288. The zero-order valence-corrected chi connectivity index (χ0v) is 16.7. The Bertz CT molecular complexity index is 676. The van der Waals surface area contributed by atoms with E-state index < -0.39 is 0 Å². The minimum Gasteiger partial charge on any atom is -0.383 e. The number of ether oxygens (including phenoxy) is 1. The Morgan fingerprint density at radius 3 is 2.64 bits per heavy atom. The summed E-state index contributed by atoms with van der Waals surface area (Å²) in [4.78, 5) is 17.0. The smallest absolute Gasteiger partial charge is 0.252 e. The van der Waals surface area contributed by atoms with Crippen molar-refractivity contribution in [3.05, 3.63) is 23.5 Å². The molecule has 2 heterocycles. The van der Waals surface area contributed by atoms with Crippen molar-refractivity contribution in [1.82, 2.24) is 25.4 Å². The zero-order valence-electron chi connectivity index (χ0n) is 15.0. The van der Waals surface area contributed by atoms with E-state index >= 15 is 0 Å². The van der Waals surface area contributed by atoms with E-state index in [2.05, 4.69) is 20.7 Å². The van der Waals surface area contributed by atoms with Gasteiger partial charge in [0.2, 0.25) is 0 Å². The van der Waals surface area contributed by atoms with Gasteiger partial charge in [0.1, 0.15) is 0 Å². The first-order valence-electron chi connectivity index (χ1n) is 7.87. The number of carbonyl (C=O) groups excluding carboxylic acids is 1. The third-order valence-corrected chi connectivity index (χ3v) is 3.50. The highest BCUT2D eigenvalue weighted by atomic mass is 35.5. The fourth-order valence-corrected chi connectivity index (χ4v) is 2.37. The average Bonchev–Trinajstić information content (AvgIpc) is 2.93. The summed E-state index contributed by atoms with van der Waals surface area (Å²) >= 11 is 0. The summed E-state index contributed by atoms with van der Waals surface area (Å²) in [5, 5.41) is 11.3. The van der Waals surface area contributed by atoms with Gasteiger partial charge in [-0.05, 0) is 26.8 Å². The molecule has 0 bridgehead atoms. The van der Waals surface area contributed by atoms with E-state index in [1.54, 1.807) is 13.3 Å². The molecule has 2 aromatic rings. The van der Waals surface area contributed by atoms with Crippen molar-refractivity contribution >= 4 is 41.8 Å². The van der Waals surface area contributed by atoms with Gasteiger partial charge in [0, 0.05) is 38.5 Å². The van der Waals surface area contributed by atoms with E-state index in [-0.39, 0.29) is 36.8 Å². The number of aryl methyl sites for hydroxylation is 1. The molecule has 25 heavy (non-hydrogen) atoms. The predicted molar refractivity (Wildman–Crippen MR) is 104 cm³/mol. The number of fused-ring (bicyclic) bond motifs is 1. The monoisotopic (exact) mass is 391 g/mol. The van der Waals surface area contributed by atoms with Crippen LogP contribution in [0, 0.1) is 6.92 Å². The van der Waals surface area contributed by atoms with Gasteiger partial charge in [0.15, 0.2) is 5.65 Å². The standard InChI is InChI=1S/C16H25N5O2.2ClH/c1-11(2)21-15-14(10-19-21)13(9-12(3)20-15)16(22)18-6-5-17-7-8-23-4;;/h9-11,17H,5-8H2,1-4H3,(H,18,22);2*1H. The second-order valence-electron chi connectivity index (χ2n) is 5.73. The van der Waals surface area contributed by atoms with Crippen molar-refractivity contribution in [1.29, 1.82) is 0 Å². The van der Waals surface area contributed by atoms with Crippen molar-refractivity contribution in [2.24, 2.45) is 0 Å². The van der Waals surface area contributed by atoms with Crippen molar-refractivity contribution in [2.45, 2.75) is 26.8 Å². The molecule has 0 saturated carbocycles. The van der Waals surface area contributed by atoms with Crippen LogP contribution in [0.2, 0.25) is 0 Å². The van der Waals surface area contributed by atoms with Gasteiger partial charge in [-0.1, -0.05) is 0 Å². The van der Waals surface area contributed by atoms with Crippen LogP contribution in [0.4, 0.5) is 0 Å². The van der Waals surface area contributed by atoms with E-state index in [9.17, 15) is 4.79 Å². The molecule has 0 aromatic carbocycles. The third-order valence-electron chi connectivity index (χ3n) is 3.50. The maximum absolute atomic E-state index is 12.5. The topological polar surface area (TPSA) is 81.1 Å². The average molecular weight is 392 g/mol. The molecule has 0 saturated heterocycles. The number of aromatic nitrogens is 3. The van der Waals surface area contributed by atoms with Crippen LogP contribution < -0.4 is 10.6 Å². The summed E-state index contributed by atoms with van der Waals surface area (Å²) in [6.45, 7) is 8.67. The number of pyridine rings is 1. The van der Waals surface area contributed by atoms with E-state index in [0.717, 1.165) is 23.3 Å². The SMILES string of the molecule is COCCNCCNC(=O)c1cc(C)nc2c1cnn2C(C)C.Cl.Cl. The van der Waals surface area contributed by atoms with E-state index in [4.69, 9.17) is 4.74 Å².